The molecule has 0 aromatic rings. The van der Waals surface area contributed by atoms with E-state index in [0.29, 0.717) is 31.6 Å². The molecular formula is C79H154O17P2. The number of ether oxygens (including phenoxy) is 4. The highest BCUT2D eigenvalue weighted by molar-refractivity contribution is 7.47. The van der Waals surface area contributed by atoms with Crippen LogP contribution in [0.15, 0.2) is 0 Å². The van der Waals surface area contributed by atoms with E-state index >= 15 is 0 Å². The van der Waals surface area contributed by atoms with Crippen LogP contribution in [0.1, 0.15) is 402 Å². The van der Waals surface area contributed by atoms with Gasteiger partial charge in [0.25, 0.3) is 0 Å². The predicted molar refractivity (Wildman–Crippen MR) is 400 cm³/mol. The molecule has 0 bridgehead atoms. The summed E-state index contributed by atoms with van der Waals surface area (Å²) < 4.78 is 68.6. The van der Waals surface area contributed by atoms with Crippen LogP contribution in [0.3, 0.4) is 0 Å². The fraction of sp³-hybridized carbons (Fsp3) is 0.949. The van der Waals surface area contributed by atoms with Gasteiger partial charge < -0.3 is 33.8 Å². The fourth-order valence-corrected chi connectivity index (χ4v) is 13.6. The summed E-state index contributed by atoms with van der Waals surface area (Å²) in [5.41, 5.74) is 0. The number of carbonyl (C=O) groups is 4. The zero-order chi connectivity index (χ0) is 72.4. The number of phosphoric acid groups is 2. The lowest BCUT2D eigenvalue weighted by Crippen LogP contribution is -2.30. The normalized spacial score (nSPS) is 14.3. The predicted octanol–water partition coefficient (Wildman–Crippen LogP) is 23.2. The van der Waals surface area contributed by atoms with Crippen molar-refractivity contribution in [2.45, 2.75) is 420 Å². The lowest BCUT2D eigenvalue weighted by molar-refractivity contribution is -0.161. The third kappa shape index (κ3) is 71.1. The SMILES string of the molecule is CCC(C)CCCCCCCCCCCCC(=O)O[C@H](COC(=O)CCCCCCCCCCCCCCCC(C)C)COP(=O)(O)OCC(O)COP(=O)(O)OC[C@@H](COC(=O)CCCCCCCCC(C)C)OC(=O)CCCCCCCCCCCCCCCCCCC(C)C. The van der Waals surface area contributed by atoms with Gasteiger partial charge in [-0.3, -0.25) is 37.3 Å². The minimum Gasteiger partial charge on any atom is -0.462 e. The maximum Gasteiger partial charge on any atom is 0.472 e. The van der Waals surface area contributed by atoms with Gasteiger partial charge in [-0.2, -0.15) is 0 Å². The molecule has 0 radical (unpaired) electrons. The van der Waals surface area contributed by atoms with E-state index in [2.05, 4.69) is 55.4 Å². The summed E-state index contributed by atoms with van der Waals surface area (Å²) in [6.07, 6.45) is 54.2. The van der Waals surface area contributed by atoms with Crippen LogP contribution in [0.2, 0.25) is 0 Å². The summed E-state index contributed by atoms with van der Waals surface area (Å²) in [4.78, 5) is 72.9. The van der Waals surface area contributed by atoms with Gasteiger partial charge in [0.2, 0.25) is 0 Å². The molecule has 0 aliphatic rings. The van der Waals surface area contributed by atoms with Crippen molar-refractivity contribution in [3.8, 4) is 0 Å². The second kappa shape index (κ2) is 68.2. The van der Waals surface area contributed by atoms with Crippen molar-refractivity contribution in [2.24, 2.45) is 23.7 Å². The lowest BCUT2D eigenvalue weighted by Gasteiger charge is -2.21. The standard InChI is InChI=1S/C79H154O17P2/c1-9-72(8)58-50-42-33-27-23-24-30-36-46-54-62-79(84)95-74(65-89-76(81)59-51-43-34-28-21-18-14-16-20-26-32-40-48-56-70(4)5)67-93-97(85,86)91-63-73(80)64-92-98(87,88)94-68-75(66-90-77(82)60-52-44-38-37-41-49-57-71(6)7)96-78(83)61-53-45-35-29-22-17-13-11-10-12-15-19-25-31-39-47-55-69(2)3/h69-75,80H,9-68H2,1-8H3,(H,85,86)(H,87,88)/t72?,73?,74-,75-/m1/s1. The van der Waals surface area contributed by atoms with E-state index in [4.69, 9.17) is 37.0 Å². The monoisotopic (exact) mass is 1440 g/mol. The zero-order valence-electron chi connectivity index (χ0n) is 64.4. The first-order valence-corrected chi connectivity index (χ1v) is 43.7. The summed E-state index contributed by atoms with van der Waals surface area (Å²) in [5.74, 6) is 0.964. The Kier molecular flexibility index (Phi) is 66.8. The Labute approximate surface area is 600 Å². The van der Waals surface area contributed by atoms with Gasteiger partial charge in [0, 0.05) is 25.7 Å². The van der Waals surface area contributed by atoms with E-state index in [1.54, 1.807) is 0 Å². The summed E-state index contributed by atoms with van der Waals surface area (Å²) in [7, 11) is -9.92. The number of aliphatic hydroxyl groups excluding tert-OH is 1. The van der Waals surface area contributed by atoms with Gasteiger partial charge in [0.15, 0.2) is 12.2 Å². The summed E-state index contributed by atoms with van der Waals surface area (Å²) in [5, 5.41) is 10.6. The van der Waals surface area contributed by atoms with Crippen LogP contribution in [0.25, 0.3) is 0 Å². The minimum absolute atomic E-state index is 0.106. The molecule has 0 heterocycles. The van der Waals surface area contributed by atoms with Gasteiger partial charge in [0.05, 0.1) is 26.4 Å². The molecule has 0 aliphatic carbocycles. The molecule has 0 rings (SSSR count). The van der Waals surface area contributed by atoms with Crippen molar-refractivity contribution in [2.75, 3.05) is 39.6 Å². The molecule has 0 aromatic carbocycles. The molecule has 0 saturated carbocycles. The summed E-state index contributed by atoms with van der Waals surface area (Å²) in [6.45, 7) is 14.2. The highest BCUT2D eigenvalue weighted by Crippen LogP contribution is 2.45. The first kappa shape index (κ1) is 96.1. The Morgan fingerprint density at radius 2 is 0.490 bits per heavy atom. The largest absolute Gasteiger partial charge is 0.472 e. The number of hydrogen-bond acceptors (Lipinski definition) is 15. The van der Waals surface area contributed by atoms with E-state index in [9.17, 15) is 43.2 Å². The van der Waals surface area contributed by atoms with Crippen LogP contribution < -0.4 is 0 Å². The van der Waals surface area contributed by atoms with Crippen LogP contribution in [-0.4, -0.2) is 96.7 Å². The van der Waals surface area contributed by atoms with E-state index in [1.165, 1.54) is 199 Å². The average molecular weight is 1440 g/mol. The van der Waals surface area contributed by atoms with Gasteiger partial charge in [-0.1, -0.05) is 351 Å². The molecule has 0 spiro atoms. The van der Waals surface area contributed by atoms with Gasteiger partial charge in [-0.05, 0) is 49.4 Å². The Morgan fingerprint density at radius 1 is 0.286 bits per heavy atom. The molecule has 19 heteroatoms. The fourth-order valence-electron chi connectivity index (χ4n) is 12.0. The van der Waals surface area contributed by atoms with Crippen molar-refractivity contribution >= 4 is 39.5 Å². The Morgan fingerprint density at radius 3 is 0.724 bits per heavy atom. The Bertz CT molecular complexity index is 1920. The van der Waals surface area contributed by atoms with Crippen molar-refractivity contribution in [1.29, 1.82) is 0 Å². The number of rotatable bonds is 76. The molecule has 0 aliphatic heterocycles. The minimum atomic E-state index is -4.96. The number of carbonyl (C=O) groups excluding carboxylic acids is 4. The second-order valence-electron chi connectivity index (χ2n) is 30.1. The van der Waals surface area contributed by atoms with Crippen molar-refractivity contribution in [3.63, 3.8) is 0 Å². The first-order valence-electron chi connectivity index (χ1n) is 40.7. The van der Waals surface area contributed by atoms with E-state index < -0.39 is 97.5 Å². The second-order valence-corrected chi connectivity index (χ2v) is 33.0. The topological polar surface area (TPSA) is 237 Å². The van der Waals surface area contributed by atoms with E-state index in [0.717, 1.165) is 114 Å². The molecule has 0 aromatic heterocycles. The van der Waals surface area contributed by atoms with Crippen LogP contribution in [0.4, 0.5) is 0 Å². The molecule has 0 amide bonds. The molecule has 98 heavy (non-hydrogen) atoms. The van der Waals surface area contributed by atoms with Gasteiger partial charge >= 0.3 is 39.5 Å². The molecule has 0 fully saturated rings. The maximum absolute atomic E-state index is 13.1. The van der Waals surface area contributed by atoms with Crippen LogP contribution in [0, 0.1) is 23.7 Å². The molecular weight excluding hydrogens is 1280 g/mol. The average Bonchev–Trinajstić information content (AvgIpc) is 0.980. The van der Waals surface area contributed by atoms with E-state index in [-0.39, 0.29) is 25.7 Å². The number of esters is 4. The Balaban J connectivity index is 5.21. The molecule has 3 N–H and O–H groups in total. The third-order valence-corrected chi connectivity index (χ3v) is 20.6. The van der Waals surface area contributed by atoms with Gasteiger partial charge in [0.1, 0.15) is 19.3 Å². The summed E-state index contributed by atoms with van der Waals surface area (Å²) >= 11 is 0. The molecule has 4 unspecified atom stereocenters. The third-order valence-electron chi connectivity index (χ3n) is 18.7. The Hall–Kier alpha value is -1.94. The molecule has 582 valence electrons. The highest BCUT2D eigenvalue weighted by Gasteiger charge is 2.30. The summed E-state index contributed by atoms with van der Waals surface area (Å²) in [6, 6.07) is 0. The molecule has 17 nitrogen and oxygen atoms in total. The van der Waals surface area contributed by atoms with Crippen molar-refractivity contribution < 1.29 is 80.2 Å². The van der Waals surface area contributed by atoms with E-state index in [1.807, 2.05) is 0 Å². The van der Waals surface area contributed by atoms with Crippen LogP contribution >= 0.6 is 15.6 Å². The van der Waals surface area contributed by atoms with Crippen molar-refractivity contribution in [1.82, 2.24) is 0 Å². The van der Waals surface area contributed by atoms with Gasteiger partial charge in [-0.15, -0.1) is 0 Å². The number of phosphoric ester groups is 2. The smallest absolute Gasteiger partial charge is 0.462 e. The molecule has 0 saturated heterocycles. The van der Waals surface area contributed by atoms with Crippen LogP contribution in [-0.2, 0) is 65.4 Å². The first-order chi connectivity index (χ1) is 47.1. The molecule has 6 atom stereocenters. The van der Waals surface area contributed by atoms with Crippen molar-refractivity contribution in [3.05, 3.63) is 0 Å². The lowest BCUT2D eigenvalue weighted by atomic mass is 9.99. The van der Waals surface area contributed by atoms with Crippen LogP contribution in [0.5, 0.6) is 0 Å². The number of aliphatic hydroxyl groups is 1. The van der Waals surface area contributed by atoms with Gasteiger partial charge in [-0.25, -0.2) is 9.13 Å². The zero-order valence-corrected chi connectivity index (χ0v) is 66.2. The maximum atomic E-state index is 13.1. The number of hydrogen-bond donors (Lipinski definition) is 3. The quantitative estimate of drug-likeness (QED) is 0.0222. The number of unbranched alkanes of at least 4 members (excludes halogenated alkanes) is 41. The highest BCUT2D eigenvalue weighted by atomic mass is 31.2.